The summed E-state index contributed by atoms with van der Waals surface area (Å²) in [6, 6.07) is 13.3. The Morgan fingerprint density at radius 3 is 2.78 bits per heavy atom. The number of hydrogen-bond donors (Lipinski definition) is 1. The maximum absolute atomic E-state index is 12.5. The van der Waals surface area contributed by atoms with Crippen LogP contribution in [0.25, 0.3) is 6.08 Å². The van der Waals surface area contributed by atoms with Gasteiger partial charge in [0.25, 0.3) is 5.91 Å². The molecule has 0 aliphatic carbocycles. The SMILES string of the molecule is O=C(CCN1C(=O)/C(=C/C=C/c2ccccc2)SC1=S)Nc1cccnc1. The minimum absolute atomic E-state index is 0.161. The molecule has 1 aliphatic heterocycles. The first-order valence-corrected chi connectivity index (χ1v) is 9.53. The van der Waals surface area contributed by atoms with E-state index in [1.807, 2.05) is 42.5 Å². The quantitative estimate of drug-likeness (QED) is 0.594. The van der Waals surface area contributed by atoms with Gasteiger partial charge in [0.05, 0.1) is 16.8 Å². The van der Waals surface area contributed by atoms with E-state index in [0.717, 1.165) is 5.56 Å². The molecule has 2 aromatic rings. The van der Waals surface area contributed by atoms with Gasteiger partial charge in [-0.05, 0) is 23.8 Å². The highest BCUT2D eigenvalue weighted by Crippen LogP contribution is 2.31. The number of benzene rings is 1. The summed E-state index contributed by atoms with van der Waals surface area (Å²) in [5, 5.41) is 2.74. The summed E-state index contributed by atoms with van der Waals surface area (Å²) in [6.07, 6.45) is 8.87. The van der Waals surface area contributed by atoms with E-state index in [9.17, 15) is 9.59 Å². The summed E-state index contributed by atoms with van der Waals surface area (Å²) in [6.45, 7) is 0.247. The van der Waals surface area contributed by atoms with Crippen molar-refractivity contribution in [1.82, 2.24) is 9.88 Å². The van der Waals surface area contributed by atoms with Crippen LogP contribution in [-0.2, 0) is 9.59 Å². The molecular formula is C20H17N3O2S2. The van der Waals surface area contributed by atoms with E-state index in [-0.39, 0.29) is 24.8 Å². The first-order chi connectivity index (χ1) is 13.1. The van der Waals surface area contributed by atoms with Crippen LogP contribution in [0.2, 0.25) is 0 Å². The Morgan fingerprint density at radius 2 is 2.04 bits per heavy atom. The lowest BCUT2D eigenvalue weighted by Crippen LogP contribution is -2.31. The van der Waals surface area contributed by atoms with E-state index in [4.69, 9.17) is 12.2 Å². The third kappa shape index (κ3) is 5.35. The fourth-order valence-electron chi connectivity index (χ4n) is 2.39. The topological polar surface area (TPSA) is 62.3 Å². The molecule has 5 nitrogen and oxygen atoms in total. The first kappa shape index (κ1) is 19.0. The summed E-state index contributed by atoms with van der Waals surface area (Å²) >= 11 is 6.53. The number of carbonyl (C=O) groups is 2. The number of thiocarbonyl (C=S) groups is 1. The highest BCUT2D eigenvalue weighted by atomic mass is 32.2. The van der Waals surface area contributed by atoms with Crippen LogP contribution in [0.4, 0.5) is 5.69 Å². The van der Waals surface area contributed by atoms with Crippen LogP contribution in [0.3, 0.4) is 0 Å². The van der Waals surface area contributed by atoms with Crippen LogP contribution in [0.15, 0.2) is 71.9 Å². The fraction of sp³-hybridized carbons (Fsp3) is 0.100. The Morgan fingerprint density at radius 1 is 1.22 bits per heavy atom. The minimum Gasteiger partial charge on any atom is -0.325 e. The predicted octanol–water partition coefficient (Wildman–Crippen LogP) is 3.87. The number of anilines is 1. The monoisotopic (exact) mass is 395 g/mol. The molecule has 1 N–H and O–H groups in total. The van der Waals surface area contributed by atoms with Crippen molar-refractivity contribution < 1.29 is 9.59 Å². The van der Waals surface area contributed by atoms with E-state index < -0.39 is 0 Å². The molecule has 0 saturated carbocycles. The molecule has 1 aromatic carbocycles. The van der Waals surface area contributed by atoms with Crippen LogP contribution < -0.4 is 5.32 Å². The lowest BCUT2D eigenvalue weighted by atomic mass is 10.2. The van der Waals surface area contributed by atoms with Crippen LogP contribution in [0.1, 0.15) is 12.0 Å². The number of carbonyl (C=O) groups excluding carboxylic acids is 2. The zero-order chi connectivity index (χ0) is 19.1. The molecule has 0 atom stereocenters. The molecule has 0 spiro atoms. The molecular weight excluding hydrogens is 378 g/mol. The second kappa shape index (κ2) is 9.25. The Kier molecular flexibility index (Phi) is 6.51. The van der Waals surface area contributed by atoms with Crippen molar-refractivity contribution in [2.75, 3.05) is 11.9 Å². The number of amides is 2. The maximum Gasteiger partial charge on any atom is 0.266 e. The van der Waals surface area contributed by atoms with Crippen LogP contribution in [-0.4, -0.2) is 32.6 Å². The molecule has 136 valence electrons. The predicted molar refractivity (Wildman–Crippen MR) is 113 cm³/mol. The Balaban J connectivity index is 1.55. The lowest BCUT2D eigenvalue weighted by molar-refractivity contribution is -0.122. The van der Waals surface area contributed by atoms with Gasteiger partial charge < -0.3 is 5.32 Å². The third-order valence-corrected chi connectivity index (χ3v) is 5.11. The van der Waals surface area contributed by atoms with Gasteiger partial charge in [-0.2, -0.15) is 0 Å². The molecule has 27 heavy (non-hydrogen) atoms. The van der Waals surface area contributed by atoms with Crippen molar-refractivity contribution in [1.29, 1.82) is 0 Å². The average molecular weight is 396 g/mol. The normalized spacial score (nSPS) is 15.7. The Hall–Kier alpha value is -2.77. The van der Waals surface area contributed by atoms with Gasteiger partial charge in [-0.3, -0.25) is 19.5 Å². The summed E-state index contributed by atoms with van der Waals surface area (Å²) in [7, 11) is 0. The van der Waals surface area contributed by atoms with Crippen molar-refractivity contribution in [3.63, 3.8) is 0 Å². The number of hydrogen-bond acceptors (Lipinski definition) is 5. The molecule has 1 aliphatic rings. The molecule has 0 radical (unpaired) electrons. The molecule has 2 amide bonds. The van der Waals surface area contributed by atoms with E-state index in [1.54, 1.807) is 30.6 Å². The van der Waals surface area contributed by atoms with Crippen LogP contribution >= 0.6 is 24.0 Å². The minimum atomic E-state index is -0.190. The van der Waals surface area contributed by atoms with Gasteiger partial charge in [-0.15, -0.1) is 0 Å². The maximum atomic E-state index is 12.5. The highest BCUT2D eigenvalue weighted by Gasteiger charge is 2.31. The van der Waals surface area contributed by atoms with Gasteiger partial charge >= 0.3 is 0 Å². The number of pyridine rings is 1. The largest absolute Gasteiger partial charge is 0.325 e. The average Bonchev–Trinajstić information content (AvgIpc) is 2.95. The molecule has 0 unspecified atom stereocenters. The number of nitrogens with zero attached hydrogens (tertiary/aromatic N) is 2. The molecule has 1 saturated heterocycles. The number of rotatable bonds is 6. The summed E-state index contributed by atoms with van der Waals surface area (Å²) in [5.74, 6) is -0.359. The smallest absolute Gasteiger partial charge is 0.266 e. The van der Waals surface area contributed by atoms with Gasteiger partial charge in [0.1, 0.15) is 4.32 Å². The number of aromatic nitrogens is 1. The van der Waals surface area contributed by atoms with Crippen LogP contribution in [0.5, 0.6) is 0 Å². The van der Waals surface area contributed by atoms with Crippen molar-refractivity contribution in [3.8, 4) is 0 Å². The molecule has 2 heterocycles. The van der Waals surface area contributed by atoms with E-state index in [1.165, 1.54) is 16.7 Å². The van der Waals surface area contributed by atoms with E-state index in [0.29, 0.717) is 14.9 Å². The van der Waals surface area contributed by atoms with Crippen molar-refractivity contribution in [2.24, 2.45) is 0 Å². The fourth-order valence-corrected chi connectivity index (χ4v) is 3.65. The Labute approximate surface area is 167 Å². The standard InChI is InChI=1S/C20H17N3O2S2/c24-18(22-16-9-5-12-21-14-16)11-13-23-19(25)17(27-20(23)26)10-4-8-15-6-2-1-3-7-15/h1-10,12,14H,11,13H2,(H,22,24)/b8-4+,17-10-. The summed E-state index contributed by atoms with van der Waals surface area (Å²) in [4.78, 5) is 30.5. The zero-order valence-electron chi connectivity index (χ0n) is 14.4. The van der Waals surface area contributed by atoms with Crippen molar-refractivity contribution >= 4 is 51.9 Å². The van der Waals surface area contributed by atoms with Crippen LogP contribution in [0, 0.1) is 0 Å². The molecule has 1 aromatic heterocycles. The molecule has 3 rings (SSSR count). The summed E-state index contributed by atoms with van der Waals surface area (Å²) < 4.78 is 0.466. The van der Waals surface area contributed by atoms with E-state index in [2.05, 4.69) is 10.3 Å². The number of allylic oxidation sites excluding steroid dienone is 2. The second-order valence-corrected chi connectivity index (χ2v) is 7.34. The Bertz CT molecular complexity index is 896. The summed E-state index contributed by atoms with van der Waals surface area (Å²) in [5.41, 5.74) is 1.68. The molecule has 7 heteroatoms. The highest BCUT2D eigenvalue weighted by molar-refractivity contribution is 8.26. The van der Waals surface area contributed by atoms with Crippen molar-refractivity contribution in [2.45, 2.75) is 6.42 Å². The van der Waals surface area contributed by atoms with Gasteiger partial charge in [0.2, 0.25) is 5.91 Å². The zero-order valence-corrected chi connectivity index (χ0v) is 16.0. The first-order valence-electron chi connectivity index (χ1n) is 8.30. The van der Waals surface area contributed by atoms with Gasteiger partial charge in [-0.25, -0.2) is 0 Å². The van der Waals surface area contributed by atoms with E-state index >= 15 is 0 Å². The van der Waals surface area contributed by atoms with Gasteiger partial charge in [0, 0.05) is 19.2 Å². The lowest BCUT2D eigenvalue weighted by Gasteiger charge is -2.14. The van der Waals surface area contributed by atoms with Gasteiger partial charge in [-0.1, -0.05) is 66.5 Å². The molecule has 1 fully saturated rings. The third-order valence-electron chi connectivity index (χ3n) is 3.72. The second-order valence-electron chi connectivity index (χ2n) is 5.67. The molecule has 0 bridgehead atoms. The number of nitrogens with one attached hydrogen (secondary N) is 1. The van der Waals surface area contributed by atoms with Gasteiger partial charge in [0.15, 0.2) is 0 Å². The number of thioether (sulfide) groups is 1. The van der Waals surface area contributed by atoms with Crippen molar-refractivity contribution in [3.05, 3.63) is 77.5 Å².